The number of hydrogen-bond donors (Lipinski definition) is 2. The first-order valence-electron chi connectivity index (χ1n) is 8.95. The lowest BCUT2D eigenvalue weighted by Crippen LogP contribution is -2.37. The molecule has 1 aliphatic rings. The molecule has 0 bridgehead atoms. The standard InChI is InChI=1S/C20H22F3N3O/c1-12(10-24)26-19(27)15-9-14-3-2-4-17(18(14)25-11-15)13-5-7-16(8-6-13)20(21,22)23/h2-5,9,11-12,16H,6-8,10,24H2,1H3,(H,26,27)/t12-,16?/m1/s1. The van der Waals surface area contributed by atoms with Crippen molar-refractivity contribution in [3.8, 4) is 0 Å². The minimum Gasteiger partial charge on any atom is -0.348 e. The highest BCUT2D eigenvalue weighted by atomic mass is 19.4. The molecule has 0 saturated heterocycles. The number of rotatable bonds is 4. The number of carbonyl (C=O) groups is 1. The van der Waals surface area contributed by atoms with Crippen LogP contribution < -0.4 is 11.1 Å². The first-order chi connectivity index (χ1) is 12.8. The molecule has 7 heteroatoms. The molecular weight excluding hydrogens is 355 g/mol. The molecule has 0 aliphatic heterocycles. The second kappa shape index (κ2) is 7.68. The van der Waals surface area contributed by atoms with E-state index in [4.69, 9.17) is 5.73 Å². The van der Waals surface area contributed by atoms with Crippen LogP contribution >= 0.6 is 0 Å². The Bertz CT molecular complexity index is 876. The molecule has 0 spiro atoms. The number of alkyl halides is 3. The maximum absolute atomic E-state index is 12.9. The summed E-state index contributed by atoms with van der Waals surface area (Å²) in [5, 5.41) is 3.56. The lowest BCUT2D eigenvalue weighted by atomic mass is 9.85. The molecule has 27 heavy (non-hydrogen) atoms. The van der Waals surface area contributed by atoms with Crippen molar-refractivity contribution in [2.24, 2.45) is 11.7 Å². The van der Waals surface area contributed by atoms with Crippen molar-refractivity contribution in [2.45, 2.75) is 38.4 Å². The second-order valence-corrected chi connectivity index (χ2v) is 6.95. The topological polar surface area (TPSA) is 68.0 Å². The van der Waals surface area contributed by atoms with Crippen LogP contribution in [0, 0.1) is 5.92 Å². The molecule has 1 aromatic carbocycles. The molecule has 3 rings (SSSR count). The van der Waals surface area contributed by atoms with Gasteiger partial charge in [-0.05, 0) is 37.8 Å². The molecule has 1 unspecified atom stereocenters. The summed E-state index contributed by atoms with van der Waals surface area (Å²) in [4.78, 5) is 16.7. The average molecular weight is 377 g/mol. The van der Waals surface area contributed by atoms with Crippen LogP contribution in [-0.4, -0.2) is 29.7 Å². The molecule has 3 N–H and O–H groups in total. The van der Waals surface area contributed by atoms with Crippen molar-refractivity contribution in [1.29, 1.82) is 0 Å². The molecule has 1 heterocycles. The minimum absolute atomic E-state index is 0.00725. The average Bonchev–Trinajstić information content (AvgIpc) is 2.66. The van der Waals surface area contributed by atoms with Gasteiger partial charge in [0.25, 0.3) is 5.91 Å². The molecule has 0 radical (unpaired) electrons. The van der Waals surface area contributed by atoms with Gasteiger partial charge in [-0.15, -0.1) is 0 Å². The third-order valence-corrected chi connectivity index (χ3v) is 4.92. The highest BCUT2D eigenvalue weighted by Crippen LogP contribution is 2.40. The molecule has 144 valence electrons. The maximum Gasteiger partial charge on any atom is 0.392 e. The van der Waals surface area contributed by atoms with E-state index in [9.17, 15) is 18.0 Å². The van der Waals surface area contributed by atoms with Gasteiger partial charge in [0.15, 0.2) is 0 Å². The van der Waals surface area contributed by atoms with Crippen molar-refractivity contribution in [1.82, 2.24) is 10.3 Å². The maximum atomic E-state index is 12.9. The van der Waals surface area contributed by atoms with Gasteiger partial charge in [0.05, 0.1) is 17.0 Å². The quantitative estimate of drug-likeness (QED) is 0.844. The van der Waals surface area contributed by atoms with Gasteiger partial charge in [-0.3, -0.25) is 9.78 Å². The van der Waals surface area contributed by atoms with Gasteiger partial charge in [-0.25, -0.2) is 0 Å². The number of allylic oxidation sites excluding steroid dienone is 2. The number of para-hydroxylation sites is 1. The van der Waals surface area contributed by atoms with Gasteiger partial charge in [0.1, 0.15) is 0 Å². The molecule has 4 nitrogen and oxygen atoms in total. The van der Waals surface area contributed by atoms with Crippen LogP contribution in [0.15, 0.2) is 36.5 Å². The first-order valence-corrected chi connectivity index (χ1v) is 8.95. The Kier molecular flexibility index (Phi) is 5.51. The van der Waals surface area contributed by atoms with Gasteiger partial charge in [0.2, 0.25) is 0 Å². The van der Waals surface area contributed by atoms with E-state index in [1.165, 1.54) is 6.20 Å². The van der Waals surface area contributed by atoms with E-state index < -0.39 is 12.1 Å². The lowest BCUT2D eigenvalue weighted by Gasteiger charge is -2.24. The number of fused-ring (bicyclic) bond motifs is 1. The smallest absolute Gasteiger partial charge is 0.348 e. The van der Waals surface area contributed by atoms with Crippen LogP contribution in [0.5, 0.6) is 0 Å². The Hall–Kier alpha value is -2.41. The Balaban J connectivity index is 1.88. The summed E-state index contributed by atoms with van der Waals surface area (Å²) in [6, 6.07) is 7.14. The van der Waals surface area contributed by atoms with Gasteiger partial charge < -0.3 is 11.1 Å². The summed E-state index contributed by atoms with van der Waals surface area (Å²) in [5.74, 6) is -1.53. The number of carbonyl (C=O) groups excluding carboxylic acids is 1. The number of nitrogens with two attached hydrogens (primary N) is 1. The molecule has 2 atom stereocenters. The molecule has 1 aromatic heterocycles. The molecule has 1 amide bonds. The molecule has 0 saturated carbocycles. The van der Waals surface area contributed by atoms with E-state index >= 15 is 0 Å². The van der Waals surface area contributed by atoms with Gasteiger partial charge in [-0.2, -0.15) is 13.2 Å². The van der Waals surface area contributed by atoms with E-state index in [1.807, 2.05) is 25.1 Å². The van der Waals surface area contributed by atoms with E-state index in [0.717, 1.165) is 16.5 Å². The third kappa shape index (κ3) is 4.30. The molecule has 0 fully saturated rings. The van der Waals surface area contributed by atoms with Crippen molar-refractivity contribution in [2.75, 3.05) is 6.54 Å². The van der Waals surface area contributed by atoms with Crippen molar-refractivity contribution in [3.05, 3.63) is 47.7 Å². The van der Waals surface area contributed by atoms with Crippen LogP contribution in [0.1, 0.15) is 42.1 Å². The zero-order valence-corrected chi connectivity index (χ0v) is 15.0. The lowest BCUT2D eigenvalue weighted by molar-refractivity contribution is -0.175. The zero-order valence-electron chi connectivity index (χ0n) is 15.0. The highest BCUT2D eigenvalue weighted by Gasteiger charge is 2.39. The Morgan fingerprint density at radius 1 is 1.41 bits per heavy atom. The van der Waals surface area contributed by atoms with Crippen LogP contribution in [0.25, 0.3) is 16.5 Å². The number of amides is 1. The Labute approximate surface area is 155 Å². The number of halogens is 3. The highest BCUT2D eigenvalue weighted by molar-refractivity contribution is 5.99. The Morgan fingerprint density at radius 2 is 2.19 bits per heavy atom. The van der Waals surface area contributed by atoms with Crippen molar-refractivity contribution < 1.29 is 18.0 Å². The third-order valence-electron chi connectivity index (χ3n) is 4.92. The molecular formula is C20H22F3N3O. The van der Waals surface area contributed by atoms with E-state index in [1.54, 1.807) is 12.1 Å². The Morgan fingerprint density at radius 3 is 2.81 bits per heavy atom. The van der Waals surface area contributed by atoms with Crippen LogP contribution in [0.2, 0.25) is 0 Å². The monoisotopic (exact) mass is 377 g/mol. The van der Waals surface area contributed by atoms with Crippen molar-refractivity contribution in [3.63, 3.8) is 0 Å². The van der Waals surface area contributed by atoms with E-state index in [-0.39, 0.29) is 24.8 Å². The summed E-state index contributed by atoms with van der Waals surface area (Å²) in [5.41, 5.74) is 8.35. The van der Waals surface area contributed by atoms with Crippen LogP contribution in [-0.2, 0) is 0 Å². The van der Waals surface area contributed by atoms with Gasteiger partial charge >= 0.3 is 6.18 Å². The number of hydrogen-bond acceptors (Lipinski definition) is 3. The van der Waals surface area contributed by atoms with E-state index in [2.05, 4.69) is 10.3 Å². The summed E-state index contributed by atoms with van der Waals surface area (Å²) in [6.07, 6.45) is -0.549. The SMILES string of the molecule is C[C@H](CN)NC(=O)c1cnc2c(C3=CCC(C(F)(F)F)CC3)cccc2c1. The fourth-order valence-corrected chi connectivity index (χ4v) is 3.29. The number of aromatic nitrogens is 1. The zero-order chi connectivity index (χ0) is 19.6. The van der Waals surface area contributed by atoms with Gasteiger partial charge in [-0.1, -0.05) is 24.3 Å². The van der Waals surface area contributed by atoms with Crippen molar-refractivity contribution >= 4 is 22.4 Å². The van der Waals surface area contributed by atoms with Crippen LogP contribution in [0.4, 0.5) is 13.2 Å². The normalized spacial score (nSPS) is 18.9. The van der Waals surface area contributed by atoms with E-state index in [0.29, 0.717) is 24.0 Å². The molecule has 2 aromatic rings. The predicted octanol–water partition coefficient (Wildman–Crippen LogP) is 4.06. The fraction of sp³-hybridized carbons (Fsp3) is 0.400. The van der Waals surface area contributed by atoms with Gasteiger partial charge in [0, 0.05) is 29.7 Å². The number of benzene rings is 1. The first kappa shape index (κ1) is 19.4. The number of pyridine rings is 1. The largest absolute Gasteiger partial charge is 0.392 e. The summed E-state index contributed by atoms with van der Waals surface area (Å²) < 4.78 is 38.6. The summed E-state index contributed by atoms with van der Waals surface area (Å²) in [6.45, 7) is 2.15. The summed E-state index contributed by atoms with van der Waals surface area (Å²) in [7, 11) is 0. The number of nitrogens with zero attached hydrogens (tertiary/aromatic N) is 1. The predicted molar refractivity (Wildman–Crippen MR) is 99.1 cm³/mol. The summed E-state index contributed by atoms with van der Waals surface area (Å²) >= 11 is 0. The van der Waals surface area contributed by atoms with Crippen LogP contribution in [0.3, 0.4) is 0 Å². The molecule has 1 aliphatic carbocycles. The number of nitrogens with one attached hydrogen (secondary N) is 1. The second-order valence-electron chi connectivity index (χ2n) is 6.95. The fourth-order valence-electron chi connectivity index (χ4n) is 3.29. The minimum atomic E-state index is -4.15.